The lowest BCUT2D eigenvalue weighted by Crippen LogP contribution is -2.20. The van der Waals surface area contributed by atoms with Crippen molar-refractivity contribution in [3.05, 3.63) is 16.0 Å². The van der Waals surface area contributed by atoms with E-state index in [-0.39, 0.29) is 11.8 Å². The van der Waals surface area contributed by atoms with Gasteiger partial charge in [-0.2, -0.15) is 0 Å². The highest BCUT2D eigenvalue weighted by atomic mass is 32.1. The highest BCUT2D eigenvalue weighted by Crippen LogP contribution is 2.42. The normalized spacial score (nSPS) is 27.8. The summed E-state index contributed by atoms with van der Waals surface area (Å²) in [5.41, 5.74) is 7.15. The third-order valence-electron chi connectivity index (χ3n) is 4.44. The first-order chi connectivity index (χ1) is 9.47. The number of thiophene rings is 1. The highest BCUT2D eigenvalue weighted by Gasteiger charge is 2.40. The quantitative estimate of drug-likeness (QED) is 0.898. The molecular formula is C15H20N2O2S. The molecule has 3 N–H and O–H groups in total. The Morgan fingerprint density at radius 1 is 1.35 bits per heavy atom. The molecule has 2 aliphatic carbocycles. The van der Waals surface area contributed by atoms with Gasteiger partial charge in [0.2, 0.25) is 5.91 Å². The fourth-order valence-electron chi connectivity index (χ4n) is 2.99. The Hall–Kier alpha value is -1.36. The van der Waals surface area contributed by atoms with Gasteiger partial charge >= 0.3 is 0 Å². The molecule has 0 aliphatic heterocycles. The number of carbonyl (C=O) groups excluding carboxylic acids is 2. The van der Waals surface area contributed by atoms with E-state index in [1.165, 1.54) is 16.2 Å². The van der Waals surface area contributed by atoms with Gasteiger partial charge in [0.25, 0.3) is 5.91 Å². The van der Waals surface area contributed by atoms with Crippen LogP contribution in [0.1, 0.15) is 47.5 Å². The summed E-state index contributed by atoms with van der Waals surface area (Å²) >= 11 is 1.54. The molecule has 0 spiro atoms. The number of primary amides is 1. The largest absolute Gasteiger partial charge is 0.365 e. The second-order valence-corrected chi connectivity index (χ2v) is 7.33. The standard InChI is InChI=1S/C15H20N2O2S/c1-7-3-4-9-11(5-7)20-15(12(9)13(16)18)17-14(19)10-6-8(10)2/h7-8,10H,3-6H2,1-2H3,(H2,16,18)(H,17,19). The van der Waals surface area contributed by atoms with Gasteiger partial charge in [-0.1, -0.05) is 13.8 Å². The number of hydrogen-bond acceptors (Lipinski definition) is 3. The maximum Gasteiger partial charge on any atom is 0.251 e. The van der Waals surface area contributed by atoms with Crippen molar-refractivity contribution in [3.63, 3.8) is 0 Å². The van der Waals surface area contributed by atoms with Gasteiger partial charge < -0.3 is 11.1 Å². The summed E-state index contributed by atoms with van der Waals surface area (Å²) in [6.45, 7) is 4.29. The number of nitrogens with one attached hydrogen (secondary N) is 1. The Balaban J connectivity index is 1.90. The monoisotopic (exact) mass is 292 g/mol. The highest BCUT2D eigenvalue weighted by molar-refractivity contribution is 7.17. The van der Waals surface area contributed by atoms with Crippen molar-refractivity contribution >= 4 is 28.2 Å². The molecule has 1 fully saturated rings. The van der Waals surface area contributed by atoms with Crippen molar-refractivity contribution in [3.8, 4) is 0 Å². The zero-order valence-corrected chi connectivity index (χ0v) is 12.7. The molecule has 1 saturated carbocycles. The SMILES string of the molecule is CC1CCc2c(sc(NC(=O)C3CC3C)c2C(N)=O)C1. The molecule has 0 radical (unpaired) electrons. The Morgan fingerprint density at radius 3 is 2.65 bits per heavy atom. The first kappa shape index (κ1) is 13.6. The summed E-state index contributed by atoms with van der Waals surface area (Å²) in [4.78, 5) is 25.0. The van der Waals surface area contributed by atoms with Crippen LogP contribution in [0.4, 0.5) is 5.00 Å². The van der Waals surface area contributed by atoms with E-state index in [1.54, 1.807) is 0 Å². The minimum atomic E-state index is -0.420. The Kier molecular flexibility index (Phi) is 3.32. The van der Waals surface area contributed by atoms with Gasteiger partial charge in [-0.15, -0.1) is 11.3 Å². The van der Waals surface area contributed by atoms with Crippen LogP contribution in [0.15, 0.2) is 0 Å². The van der Waals surface area contributed by atoms with E-state index in [2.05, 4.69) is 19.2 Å². The topological polar surface area (TPSA) is 72.2 Å². The molecule has 1 aromatic heterocycles. The second kappa shape index (κ2) is 4.88. The van der Waals surface area contributed by atoms with Crippen LogP contribution in [0.3, 0.4) is 0 Å². The average molecular weight is 292 g/mol. The maximum absolute atomic E-state index is 12.1. The Morgan fingerprint density at radius 2 is 2.05 bits per heavy atom. The molecule has 2 amide bonds. The fraction of sp³-hybridized carbons (Fsp3) is 0.600. The minimum Gasteiger partial charge on any atom is -0.365 e. The minimum absolute atomic E-state index is 0.0339. The molecule has 3 atom stereocenters. The predicted octanol–water partition coefficient (Wildman–Crippen LogP) is 2.57. The number of fused-ring (bicyclic) bond motifs is 1. The zero-order chi connectivity index (χ0) is 14.4. The molecule has 108 valence electrons. The van der Waals surface area contributed by atoms with E-state index in [9.17, 15) is 9.59 Å². The molecule has 1 aromatic rings. The molecule has 4 nitrogen and oxygen atoms in total. The second-order valence-electron chi connectivity index (χ2n) is 6.23. The molecular weight excluding hydrogens is 272 g/mol. The van der Waals surface area contributed by atoms with E-state index in [0.717, 1.165) is 31.2 Å². The molecule has 0 saturated heterocycles. The summed E-state index contributed by atoms with van der Waals surface area (Å²) in [6, 6.07) is 0. The third-order valence-corrected chi connectivity index (χ3v) is 5.61. The van der Waals surface area contributed by atoms with Crippen molar-refractivity contribution in [1.29, 1.82) is 0 Å². The number of rotatable bonds is 3. The van der Waals surface area contributed by atoms with Crippen LogP contribution in [0.5, 0.6) is 0 Å². The smallest absolute Gasteiger partial charge is 0.251 e. The van der Waals surface area contributed by atoms with Crippen molar-refractivity contribution in [2.45, 2.75) is 39.5 Å². The van der Waals surface area contributed by atoms with Crippen LogP contribution < -0.4 is 11.1 Å². The van der Waals surface area contributed by atoms with Crippen LogP contribution >= 0.6 is 11.3 Å². The van der Waals surface area contributed by atoms with Crippen molar-refractivity contribution < 1.29 is 9.59 Å². The van der Waals surface area contributed by atoms with Crippen LogP contribution in [-0.2, 0) is 17.6 Å². The van der Waals surface area contributed by atoms with E-state index < -0.39 is 5.91 Å². The maximum atomic E-state index is 12.1. The van der Waals surface area contributed by atoms with Crippen LogP contribution in [0.2, 0.25) is 0 Å². The van der Waals surface area contributed by atoms with Gasteiger partial charge in [-0.05, 0) is 43.1 Å². The Bertz CT molecular complexity index is 579. The number of amides is 2. The van der Waals surface area contributed by atoms with Gasteiger partial charge in [0.15, 0.2) is 0 Å². The van der Waals surface area contributed by atoms with Gasteiger partial charge in [0.05, 0.1) is 5.56 Å². The summed E-state index contributed by atoms with van der Waals surface area (Å²) in [5, 5.41) is 3.60. The molecule has 3 rings (SSSR count). The van der Waals surface area contributed by atoms with Gasteiger partial charge in [-0.3, -0.25) is 9.59 Å². The number of carbonyl (C=O) groups is 2. The Labute approximate surface area is 122 Å². The van der Waals surface area contributed by atoms with Crippen molar-refractivity contribution in [2.75, 3.05) is 5.32 Å². The number of hydrogen-bond donors (Lipinski definition) is 2. The van der Waals surface area contributed by atoms with Crippen molar-refractivity contribution in [2.24, 2.45) is 23.5 Å². The fourth-order valence-corrected chi connectivity index (χ4v) is 4.41. The lowest BCUT2D eigenvalue weighted by atomic mass is 9.88. The van der Waals surface area contributed by atoms with Crippen LogP contribution in [0, 0.1) is 17.8 Å². The van der Waals surface area contributed by atoms with Gasteiger partial charge in [-0.25, -0.2) is 0 Å². The summed E-state index contributed by atoms with van der Waals surface area (Å²) in [5.74, 6) is 0.812. The van der Waals surface area contributed by atoms with E-state index >= 15 is 0 Å². The van der Waals surface area contributed by atoms with Gasteiger partial charge in [0, 0.05) is 10.8 Å². The van der Waals surface area contributed by atoms with E-state index in [4.69, 9.17) is 5.73 Å². The molecule has 5 heteroatoms. The van der Waals surface area contributed by atoms with E-state index in [0.29, 0.717) is 22.4 Å². The molecule has 20 heavy (non-hydrogen) atoms. The van der Waals surface area contributed by atoms with Crippen molar-refractivity contribution in [1.82, 2.24) is 0 Å². The lowest BCUT2D eigenvalue weighted by Gasteiger charge is -2.18. The van der Waals surface area contributed by atoms with Crippen LogP contribution in [0.25, 0.3) is 0 Å². The number of anilines is 1. The molecule has 0 aromatic carbocycles. The van der Waals surface area contributed by atoms with E-state index in [1.807, 2.05) is 0 Å². The summed E-state index contributed by atoms with van der Waals surface area (Å²) in [7, 11) is 0. The van der Waals surface area contributed by atoms with Gasteiger partial charge in [0.1, 0.15) is 5.00 Å². The number of nitrogens with two attached hydrogens (primary N) is 1. The lowest BCUT2D eigenvalue weighted by molar-refractivity contribution is -0.117. The molecule has 3 unspecified atom stereocenters. The molecule has 0 bridgehead atoms. The summed E-state index contributed by atoms with van der Waals surface area (Å²) in [6.07, 6.45) is 3.90. The predicted molar refractivity (Wildman–Crippen MR) is 79.9 cm³/mol. The average Bonchev–Trinajstić information content (AvgIpc) is 2.98. The zero-order valence-electron chi connectivity index (χ0n) is 11.9. The summed E-state index contributed by atoms with van der Waals surface area (Å²) < 4.78 is 0. The first-order valence-electron chi connectivity index (χ1n) is 7.22. The van der Waals surface area contributed by atoms with Crippen LogP contribution in [-0.4, -0.2) is 11.8 Å². The molecule has 2 aliphatic rings. The molecule has 1 heterocycles. The third kappa shape index (κ3) is 2.35. The first-order valence-corrected chi connectivity index (χ1v) is 8.04.